The molecule has 5 nitrogen and oxygen atoms in total. The van der Waals surface area contributed by atoms with Gasteiger partial charge in [-0.3, -0.25) is 4.79 Å². The molecule has 1 amide bonds. The molecule has 0 radical (unpaired) electrons. The number of benzene rings is 1. The number of rotatable bonds is 6. The Labute approximate surface area is 154 Å². The number of carbonyl (C=O) groups is 1. The largest absolute Gasteiger partial charge is 0.340 e. The molecule has 0 fully saturated rings. The standard InChI is InChI=1S/C20H27FN4O/c1-13(2)16(22)11-12-24(3)20(26)19-14-7-6-10-17(14)25(23-19)18-9-5-4-8-15(18)21/h4-5,8-9,13,16H,6-7,10-12,22H2,1-3H3. The van der Waals surface area contributed by atoms with Gasteiger partial charge in [-0.1, -0.05) is 26.0 Å². The Morgan fingerprint density at radius 1 is 1.35 bits per heavy atom. The van der Waals surface area contributed by atoms with Gasteiger partial charge in [0.1, 0.15) is 11.5 Å². The minimum absolute atomic E-state index is 0.0620. The fraction of sp³-hybridized carbons (Fsp3) is 0.500. The third kappa shape index (κ3) is 3.51. The first-order chi connectivity index (χ1) is 12.4. The molecular weight excluding hydrogens is 331 g/mol. The molecule has 1 aliphatic carbocycles. The van der Waals surface area contributed by atoms with E-state index < -0.39 is 0 Å². The summed E-state index contributed by atoms with van der Waals surface area (Å²) in [6, 6.07) is 6.61. The highest BCUT2D eigenvalue weighted by Gasteiger charge is 2.29. The van der Waals surface area contributed by atoms with E-state index in [2.05, 4.69) is 18.9 Å². The topological polar surface area (TPSA) is 64.2 Å². The summed E-state index contributed by atoms with van der Waals surface area (Å²) in [6.07, 6.45) is 3.33. The van der Waals surface area contributed by atoms with Gasteiger partial charge in [0.2, 0.25) is 0 Å². The lowest BCUT2D eigenvalue weighted by Gasteiger charge is -2.21. The van der Waals surface area contributed by atoms with Crippen LogP contribution in [0.1, 0.15) is 48.4 Å². The Balaban J connectivity index is 1.86. The number of hydrogen-bond acceptors (Lipinski definition) is 3. The molecule has 0 aliphatic heterocycles. The summed E-state index contributed by atoms with van der Waals surface area (Å²) in [5, 5.41) is 4.50. The summed E-state index contributed by atoms with van der Waals surface area (Å²) in [4.78, 5) is 14.6. The van der Waals surface area contributed by atoms with Crippen LogP contribution in [0.15, 0.2) is 24.3 Å². The number of amides is 1. The zero-order valence-corrected chi connectivity index (χ0v) is 15.7. The van der Waals surface area contributed by atoms with Gasteiger partial charge < -0.3 is 10.6 Å². The summed E-state index contributed by atoms with van der Waals surface area (Å²) in [5.41, 5.74) is 8.84. The second-order valence-electron chi connectivity index (χ2n) is 7.41. The first-order valence-electron chi connectivity index (χ1n) is 9.27. The van der Waals surface area contributed by atoms with E-state index in [4.69, 9.17) is 5.73 Å². The predicted octanol–water partition coefficient (Wildman–Crippen LogP) is 2.95. The maximum absolute atomic E-state index is 14.2. The van der Waals surface area contributed by atoms with Gasteiger partial charge in [0.15, 0.2) is 5.69 Å². The second kappa shape index (κ2) is 7.58. The van der Waals surface area contributed by atoms with Crippen molar-refractivity contribution >= 4 is 5.91 Å². The van der Waals surface area contributed by atoms with Crippen molar-refractivity contribution in [1.29, 1.82) is 0 Å². The van der Waals surface area contributed by atoms with Gasteiger partial charge in [-0.15, -0.1) is 0 Å². The van der Waals surface area contributed by atoms with Crippen molar-refractivity contribution in [2.45, 2.75) is 45.6 Å². The normalized spacial score (nSPS) is 14.5. The summed E-state index contributed by atoms with van der Waals surface area (Å²) >= 11 is 0. The molecule has 0 spiro atoms. The maximum atomic E-state index is 14.2. The molecular formula is C20H27FN4O. The number of hydrogen-bond donors (Lipinski definition) is 1. The smallest absolute Gasteiger partial charge is 0.274 e. The average Bonchev–Trinajstić information content (AvgIpc) is 3.21. The zero-order chi connectivity index (χ0) is 18.8. The molecule has 0 bridgehead atoms. The summed E-state index contributed by atoms with van der Waals surface area (Å²) in [7, 11) is 1.78. The van der Waals surface area contributed by atoms with Crippen LogP contribution in [0.2, 0.25) is 0 Å². The maximum Gasteiger partial charge on any atom is 0.274 e. The van der Waals surface area contributed by atoms with Crippen LogP contribution >= 0.6 is 0 Å². The highest BCUT2D eigenvalue weighted by molar-refractivity contribution is 5.94. The molecule has 2 N–H and O–H groups in total. The van der Waals surface area contributed by atoms with Crippen LogP contribution in [-0.2, 0) is 12.8 Å². The molecule has 0 saturated carbocycles. The molecule has 1 aromatic carbocycles. The lowest BCUT2D eigenvalue weighted by molar-refractivity contribution is 0.0782. The van der Waals surface area contributed by atoms with Crippen molar-refractivity contribution in [2.75, 3.05) is 13.6 Å². The van der Waals surface area contributed by atoms with E-state index in [9.17, 15) is 9.18 Å². The number of nitrogens with zero attached hydrogens (tertiary/aromatic N) is 3. The van der Waals surface area contributed by atoms with Crippen LogP contribution in [-0.4, -0.2) is 40.2 Å². The number of para-hydroxylation sites is 1. The molecule has 140 valence electrons. The fourth-order valence-electron chi connectivity index (χ4n) is 3.39. The minimum atomic E-state index is -0.333. The highest BCUT2D eigenvalue weighted by Crippen LogP contribution is 2.29. The van der Waals surface area contributed by atoms with Crippen molar-refractivity contribution in [3.8, 4) is 5.69 Å². The van der Waals surface area contributed by atoms with E-state index in [1.807, 2.05) is 0 Å². The quantitative estimate of drug-likeness (QED) is 0.863. The Morgan fingerprint density at radius 3 is 2.77 bits per heavy atom. The fourth-order valence-corrected chi connectivity index (χ4v) is 3.39. The Hall–Kier alpha value is -2.21. The minimum Gasteiger partial charge on any atom is -0.340 e. The number of fused-ring (bicyclic) bond motifs is 1. The van der Waals surface area contributed by atoms with Crippen molar-refractivity contribution in [1.82, 2.24) is 14.7 Å². The third-order valence-corrected chi connectivity index (χ3v) is 5.21. The summed E-state index contributed by atoms with van der Waals surface area (Å²) in [5.74, 6) is -0.0721. The van der Waals surface area contributed by atoms with Crippen LogP contribution in [0.3, 0.4) is 0 Å². The lowest BCUT2D eigenvalue weighted by atomic mass is 10.0. The van der Waals surface area contributed by atoms with Gasteiger partial charge in [0.05, 0.1) is 0 Å². The van der Waals surface area contributed by atoms with Crippen LogP contribution < -0.4 is 5.73 Å². The van der Waals surface area contributed by atoms with E-state index in [1.165, 1.54) is 6.07 Å². The van der Waals surface area contributed by atoms with Crippen molar-refractivity contribution in [2.24, 2.45) is 11.7 Å². The van der Waals surface area contributed by atoms with Crippen LogP contribution in [0.4, 0.5) is 4.39 Å². The monoisotopic (exact) mass is 358 g/mol. The zero-order valence-electron chi connectivity index (χ0n) is 15.7. The van der Waals surface area contributed by atoms with E-state index in [1.54, 1.807) is 34.8 Å². The predicted molar refractivity (Wildman–Crippen MR) is 99.9 cm³/mol. The molecule has 1 atom stereocenters. The first kappa shape index (κ1) is 18.6. The Bertz CT molecular complexity index is 799. The number of aromatic nitrogens is 2. The van der Waals surface area contributed by atoms with E-state index >= 15 is 0 Å². The first-order valence-corrected chi connectivity index (χ1v) is 9.27. The van der Waals surface area contributed by atoms with Gasteiger partial charge in [-0.05, 0) is 43.7 Å². The summed E-state index contributed by atoms with van der Waals surface area (Å²) < 4.78 is 15.8. The number of nitrogens with two attached hydrogens (primary N) is 1. The number of halogens is 1. The van der Waals surface area contributed by atoms with Gasteiger partial charge in [0.25, 0.3) is 5.91 Å². The van der Waals surface area contributed by atoms with Gasteiger partial charge in [-0.25, -0.2) is 9.07 Å². The van der Waals surface area contributed by atoms with Gasteiger partial charge in [0, 0.05) is 30.9 Å². The molecule has 6 heteroatoms. The molecule has 1 aromatic heterocycles. The van der Waals surface area contributed by atoms with Crippen LogP contribution in [0.25, 0.3) is 5.69 Å². The Kier molecular flexibility index (Phi) is 5.41. The van der Waals surface area contributed by atoms with Gasteiger partial charge in [-0.2, -0.15) is 5.10 Å². The third-order valence-electron chi connectivity index (χ3n) is 5.21. The lowest BCUT2D eigenvalue weighted by Crippen LogP contribution is -2.35. The van der Waals surface area contributed by atoms with Crippen molar-refractivity contribution in [3.63, 3.8) is 0 Å². The molecule has 3 rings (SSSR count). The van der Waals surface area contributed by atoms with Crippen molar-refractivity contribution in [3.05, 3.63) is 47.0 Å². The molecule has 0 saturated heterocycles. The van der Waals surface area contributed by atoms with E-state index in [0.29, 0.717) is 23.8 Å². The molecule has 2 aromatic rings. The second-order valence-corrected chi connectivity index (χ2v) is 7.41. The van der Waals surface area contributed by atoms with Crippen molar-refractivity contribution < 1.29 is 9.18 Å². The SMILES string of the molecule is CC(C)C(N)CCN(C)C(=O)c1nn(-c2ccccc2F)c2c1CCC2. The molecule has 1 aliphatic rings. The van der Waals surface area contributed by atoms with E-state index in [0.717, 1.165) is 36.9 Å². The van der Waals surface area contributed by atoms with E-state index in [-0.39, 0.29) is 17.8 Å². The molecule has 1 unspecified atom stereocenters. The Morgan fingerprint density at radius 2 is 2.08 bits per heavy atom. The van der Waals surface area contributed by atoms with Crippen LogP contribution in [0, 0.1) is 11.7 Å². The average molecular weight is 358 g/mol. The highest BCUT2D eigenvalue weighted by atomic mass is 19.1. The summed E-state index contributed by atoms with van der Waals surface area (Å²) in [6.45, 7) is 4.74. The molecule has 1 heterocycles. The van der Waals surface area contributed by atoms with Gasteiger partial charge >= 0.3 is 0 Å². The van der Waals surface area contributed by atoms with Crippen LogP contribution in [0.5, 0.6) is 0 Å². The molecule has 26 heavy (non-hydrogen) atoms. The number of carbonyl (C=O) groups excluding carboxylic acids is 1.